The van der Waals surface area contributed by atoms with Gasteiger partial charge in [-0.15, -0.1) is 0 Å². The molecule has 5 nitrogen and oxygen atoms in total. The Morgan fingerprint density at radius 2 is 1.57 bits per heavy atom. The first-order valence-corrected chi connectivity index (χ1v) is 11.8. The number of benzene rings is 3. The zero-order valence-corrected chi connectivity index (χ0v) is 17.8. The summed E-state index contributed by atoms with van der Waals surface area (Å²) in [7, 11) is -3.24. The van der Waals surface area contributed by atoms with E-state index < -0.39 is 16.2 Å². The molecule has 6 heteroatoms. The van der Waals surface area contributed by atoms with Crippen molar-refractivity contribution in [3.05, 3.63) is 90.5 Å². The fourth-order valence-corrected chi connectivity index (χ4v) is 5.82. The van der Waals surface area contributed by atoms with Gasteiger partial charge in [-0.3, -0.25) is 9.11 Å². The Balaban J connectivity index is 1.50. The Morgan fingerprint density at radius 3 is 2.30 bits per heavy atom. The van der Waals surface area contributed by atoms with E-state index in [9.17, 15) is 9.11 Å². The summed E-state index contributed by atoms with van der Waals surface area (Å²) >= 11 is 0. The number of hydrogen-bond acceptors (Lipinski definition) is 5. The molecule has 3 aromatic carbocycles. The lowest BCUT2D eigenvalue weighted by atomic mass is 10.1. The van der Waals surface area contributed by atoms with Crippen molar-refractivity contribution in [3.63, 3.8) is 0 Å². The van der Waals surface area contributed by atoms with Crippen LogP contribution < -0.4 is 14.4 Å². The number of ether oxygens (including phenoxy) is 1. The minimum Gasteiger partial charge on any atom is -0.466 e. The normalized spacial score (nSPS) is 19.4. The first-order valence-electron chi connectivity index (χ1n) is 10.2. The Hall–Kier alpha value is -2.51. The second-order valence-electron chi connectivity index (χ2n) is 7.57. The molecule has 0 saturated heterocycles. The summed E-state index contributed by atoms with van der Waals surface area (Å²) in [6.07, 6.45) is 0.762. The highest BCUT2D eigenvalue weighted by Gasteiger charge is 2.43. The Bertz CT molecular complexity index is 953. The lowest BCUT2D eigenvalue weighted by Gasteiger charge is -2.53. The summed E-state index contributed by atoms with van der Waals surface area (Å²) in [5.74, 6) is 0.611. The second kappa shape index (κ2) is 9.10. The molecule has 1 aliphatic heterocycles. The number of nitrogens with zero attached hydrogens (tertiary/aromatic N) is 1. The van der Waals surface area contributed by atoms with Gasteiger partial charge in [0.2, 0.25) is 5.44 Å². The average Bonchev–Trinajstić information content (AvgIpc) is 2.77. The van der Waals surface area contributed by atoms with Gasteiger partial charge in [0.1, 0.15) is 11.4 Å². The van der Waals surface area contributed by atoms with Crippen molar-refractivity contribution < 1.29 is 13.8 Å². The molecule has 0 amide bonds. The molecule has 0 fully saturated rings. The van der Waals surface area contributed by atoms with Gasteiger partial charge in [0.25, 0.3) is 0 Å². The third-order valence-electron chi connectivity index (χ3n) is 5.31. The van der Waals surface area contributed by atoms with Crippen LogP contribution in [0.4, 0.5) is 11.4 Å². The molecular weight excluding hydrogens is 396 g/mol. The highest BCUT2D eigenvalue weighted by molar-refractivity contribution is 8.26. The van der Waals surface area contributed by atoms with Crippen molar-refractivity contribution in [2.75, 3.05) is 10.8 Å². The van der Waals surface area contributed by atoms with E-state index in [2.05, 4.69) is 17.4 Å². The monoisotopic (exact) mass is 424 g/mol. The van der Waals surface area contributed by atoms with Crippen LogP contribution in [0.1, 0.15) is 18.9 Å². The van der Waals surface area contributed by atoms with Crippen LogP contribution >= 0.6 is 10.8 Å². The SMILES string of the molecule is CC(CCNCc1ccccc1)C1Oc2ccccc2N(c2ccccc2)S1(O)O. The van der Waals surface area contributed by atoms with Crippen LogP contribution in [0, 0.1) is 5.92 Å². The van der Waals surface area contributed by atoms with Crippen LogP contribution in [0.25, 0.3) is 0 Å². The quantitative estimate of drug-likeness (QED) is 0.405. The third kappa shape index (κ3) is 4.32. The van der Waals surface area contributed by atoms with E-state index in [0.717, 1.165) is 25.2 Å². The molecule has 2 unspecified atom stereocenters. The minimum atomic E-state index is -3.24. The molecule has 1 heterocycles. The summed E-state index contributed by atoms with van der Waals surface area (Å²) < 4.78 is 30.4. The molecule has 0 radical (unpaired) electrons. The highest BCUT2D eigenvalue weighted by atomic mass is 32.3. The molecule has 1 aliphatic rings. The Kier molecular flexibility index (Phi) is 6.29. The first-order chi connectivity index (χ1) is 14.6. The van der Waals surface area contributed by atoms with Crippen molar-refractivity contribution in [3.8, 4) is 5.75 Å². The smallest absolute Gasteiger partial charge is 0.209 e. The number of para-hydroxylation sites is 3. The Labute approximate surface area is 179 Å². The molecule has 0 aliphatic carbocycles. The summed E-state index contributed by atoms with van der Waals surface area (Å²) in [4.78, 5) is 0. The van der Waals surface area contributed by atoms with Crippen LogP contribution in [-0.4, -0.2) is 21.1 Å². The zero-order valence-electron chi connectivity index (χ0n) is 17.0. The van der Waals surface area contributed by atoms with Crippen molar-refractivity contribution in [1.82, 2.24) is 5.32 Å². The highest BCUT2D eigenvalue weighted by Crippen LogP contribution is 2.62. The molecule has 0 aromatic heterocycles. The average molecular weight is 425 g/mol. The van der Waals surface area contributed by atoms with Crippen LogP contribution in [0.3, 0.4) is 0 Å². The van der Waals surface area contributed by atoms with E-state index in [1.165, 1.54) is 5.56 Å². The molecule has 4 rings (SSSR count). The van der Waals surface area contributed by atoms with Crippen molar-refractivity contribution in [2.45, 2.75) is 25.3 Å². The largest absolute Gasteiger partial charge is 0.466 e. The van der Waals surface area contributed by atoms with Gasteiger partial charge in [-0.25, -0.2) is 4.31 Å². The molecule has 0 spiro atoms. The van der Waals surface area contributed by atoms with Gasteiger partial charge in [-0.1, -0.05) is 78.4 Å². The topological polar surface area (TPSA) is 65.0 Å². The van der Waals surface area contributed by atoms with E-state index in [4.69, 9.17) is 4.74 Å². The van der Waals surface area contributed by atoms with Gasteiger partial charge < -0.3 is 10.1 Å². The van der Waals surface area contributed by atoms with Crippen LogP contribution in [0.15, 0.2) is 84.9 Å². The van der Waals surface area contributed by atoms with Crippen LogP contribution in [-0.2, 0) is 6.54 Å². The maximum atomic E-state index is 11.3. The number of rotatable bonds is 7. The lowest BCUT2D eigenvalue weighted by Crippen LogP contribution is -2.43. The Morgan fingerprint density at radius 1 is 0.933 bits per heavy atom. The van der Waals surface area contributed by atoms with Gasteiger partial charge in [0.15, 0.2) is 0 Å². The summed E-state index contributed by atoms with van der Waals surface area (Å²) in [6, 6.07) is 27.3. The fourth-order valence-electron chi connectivity index (χ4n) is 3.74. The molecule has 0 bridgehead atoms. The molecule has 3 aromatic rings. The summed E-state index contributed by atoms with van der Waals surface area (Å²) in [6.45, 7) is 3.56. The first kappa shape index (κ1) is 20.8. The number of nitrogens with one attached hydrogen (secondary N) is 1. The van der Waals surface area contributed by atoms with Gasteiger partial charge in [0, 0.05) is 12.5 Å². The number of anilines is 2. The van der Waals surface area contributed by atoms with Crippen molar-refractivity contribution >= 4 is 22.2 Å². The molecule has 158 valence electrons. The number of fused-ring (bicyclic) bond motifs is 1. The van der Waals surface area contributed by atoms with Gasteiger partial charge >= 0.3 is 0 Å². The van der Waals surface area contributed by atoms with E-state index in [-0.39, 0.29) is 5.92 Å². The van der Waals surface area contributed by atoms with Gasteiger partial charge in [-0.05, 0) is 42.8 Å². The van der Waals surface area contributed by atoms with E-state index in [1.807, 2.05) is 79.7 Å². The molecule has 3 N–H and O–H groups in total. The summed E-state index contributed by atoms with van der Waals surface area (Å²) in [5, 5.41) is 3.44. The predicted octanol–water partition coefficient (Wildman–Crippen LogP) is 6.02. The lowest BCUT2D eigenvalue weighted by molar-refractivity contribution is 0.187. The third-order valence-corrected chi connectivity index (χ3v) is 7.44. The van der Waals surface area contributed by atoms with E-state index >= 15 is 0 Å². The minimum absolute atomic E-state index is 0.0576. The number of hydrogen-bond donors (Lipinski definition) is 3. The predicted molar refractivity (Wildman–Crippen MR) is 124 cm³/mol. The molecular formula is C24H28N2O3S. The van der Waals surface area contributed by atoms with Crippen LogP contribution in [0.5, 0.6) is 5.75 Å². The molecule has 0 saturated carbocycles. The zero-order chi connectivity index (χ0) is 21.0. The van der Waals surface area contributed by atoms with Gasteiger partial charge in [-0.2, -0.15) is 0 Å². The fraction of sp³-hybridized carbons (Fsp3) is 0.250. The van der Waals surface area contributed by atoms with Crippen molar-refractivity contribution in [1.29, 1.82) is 0 Å². The molecule has 30 heavy (non-hydrogen) atoms. The van der Waals surface area contributed by atoms with E-state index in [1.54, 1.807) is 4.31 Å². The molecule has 2 atom stereocenters. The maximum absolute atomic E-state index is 11.3. The van der Waals surface area contributed by atoms with E-state index in [0.29, 0.717) is 11.4 Å². The standard InChI is InChI=1S/C24H28N2O3S/c1-19(16-17-25-18-20-10-4-2-5-11-20)24-29-23-15-9-8-14-22(23)26(30(24,27)28)21-12-6-3-7-13-21/h2-15,19,24-25,27-28H,16-18H2,1H3. The maximum Gasteiger partial charge on any atom is 0.209 e. The second-order valence-corrected chi connectivity index (χ2v) is 9.53. The van der Waals surface area contributed by atoms with Gasteiger partial charge in [0.05, 0.1) is 5.69 Å². The summed E-state index contributed by atoms with van der Waals surface area (Å²) in [5.41, 5.74) is 1.93. The van der Waals surface area contributed by atoms with Crippen LogP contribution in [0.2, 0.25) is 0 Å². The van der Waals surface area contributed by atoms with Crippen molar-refractivity contribution in [2.24, 2.45) is 5.92 Å².